The molecule has 6 rings (SSSR count). The van der Waals surface area contributed by atoms with Crippen LogP contribution in [0, 0.1) is 0 Å². The second-order valence-corrected chi connectivity index (χ2v) is 29.8. The number of phenols is 1. The Morgan fingerprint density at radius 1 is 0.476 bits per heavy atom. The van der Waals surface area contributed by atoms with Gasteiger partial charge in [-0.25, -0.2) is 29.4 Å². The smallest absolute Gasteiger partial charge is 0.397 e. The van der Waals surface area contributed by atoms with Crippen molar-refractivity contribution < 1.29 is 108 Å². The zero-order valence-electron chi connectivity index (χ0n) is 40.9. The molecule has 6 aromatic rings. The maximum atomic E-state index is 12.9. The van der Waals surface area contributed by atoms with Crippen molar-refractivity contribution in [3.05, 3.63) is 78.9 Å². The number of nitrogens with zero attached hydrogens (tertiary/aromatic N) is 8. The van der Waals surface area contributed by atoms with Gasteiger partial charge in [0.05, 0.1) is 73.2 Å². The lowest BCUT2D eigenvalue weighted by Gasteiger charge is -2.14. The molecule has 13 N–H and O–H groups in total. The molecule has 6 aromatic carbocycles. The topological polar surface area (TPSA) is 610 Å². The predicted molar refractivity (Wildman–Crippen MR) is 295 cm³/mol. The van der Waals surface area contributed by atoms with Crippen molar-refractivity contribution in [2.45, 2.75) is 34.3 Å². The van der Waals surface area contributed by atoms with Crippen LogP contribution < -0.4 is 17.2 Å². The van der Waals surface area contributed by atoms with Crippen LogP contribution in [0.25, 0.3) is 10.8 Å². The molecule has 84 heavy (non-hydrogen) atoms. The van der Waals surface area contributed by atoms with E-state index in [1.165, 1.54) is 0 Å². The normalized spacial score (nSPS) is 14.1. The number of aromatic hydroxyl groups is 1. The number of anilines is 3. The fourth-order valence-corrected chi connectivity index (χ4v) is 13.2. The third kappa shape index (κ3) is 16.2. The van der Waals surface area contributed by atoms with Gasteiger partial charge in [0, 0.05) is 0 Å². The van der Waals surface area contributed by atoms with Crippen molar-refractivity contribution in [1.82, 2.24) is 0 Å². The van der Waals surface area contributed by atoms with Crippen molar-refractivity contribution in [2.75, 3.05) is 41.9 Å². The highest BCUT2D eigenvalue weighted by molar-refractivity contribution is 8.30. The Hall–Kier alpha value is -6.76. The lowest BCUT2D eigenvalue weighted by Crippen LogP contribution is -2.15. The van der Waals surface area contributed by atoms with Crippen LogP contribution in [0.1, 0.15) is 0 Å². The number of benzene rings is 6. The van der Waals surface area contributed by atoms with Crippen molar-refractivity contribution in [3.8, 4) is 5.75 Å². The van der Waals surface area contributed by atoms with Gasteiger partial charge >= 0.3 is 10.4 Å². The van der Waals surface area contributed by atoms with Crippen LogP contribution in [-0.4, -0.2) is 124 Å². The van der Waals surface area contributed by atoms with E-state index in [4.69, 9.17) is 21.8 Å². The Kier molecular flexibility index (Phi) is 19.8. The molecule has 3 atom stereocenters. The van der Waals surface area contributed by atoms with E-state index in [-0.39, 0.29) is 10.6 Å². The van der Waals surface area contributed by atoms with E-state index < -0.39 is 220 Å². The van der Waals surface area contributed by atoms with Gasteiger partial charge in [0.1, 0.15) is 53.7 Å². The summed E-state index contributed by atoms with van der Waals surface area (Å²) < 4.78 is 265. The molecule has 0 fully saturated rings. The second-order valence-electron chi connectivity index (χ2n) is 16.1. The highest BCUT2D eigenvalue weighted by Gasteiger charge is 2.29. The number of azo groups is 4. The average molecular weight is 1370 g/mol. The number of fused-ring (bicyclic) bond motifs is 1. The molecule has 0 radical (unpaired) electrons. The van der Waals surface area contributed by atoms with Crippen LogP contribution in [-0.2, 0) is 101 Å². The maximum Gasteiger partial charge on any atom is 0.397 e. The zero-order valence-corrected chi connectivity index (χ0v) is 49.4. The van der Waals surface area contributed by atoms with Gasteiger partial charge in [-0.3, -0.25) is 26.9 Å². The van der Waals surface area contributed by atoms with Crippen LogP contribution in [0.4, 0.5) is 62.6 Å². The number of hydrogen-bond donors (Lipinski definition) is 10. The van der Waals surface area contributed by atoms with Gasteiger partial charge in [-0.2, -0.15) is 52.3 Å². The first-order chi connectivity index (χ1) is 38.6. The number of hydrogen-bond acceptors (Lipinski definition) is 30. The number of sulfone groups is 2. The van der Waals surface area contributed by atoms with Gasteiger partial charge in [-0.05, 0) is 92.7 Å². The van der Waals surface area contributed by atoms with E-state index in [1.807, 2.05) is 0 Å². The summed E-state index contributed by atoms with van der Waals surface area (Å²) in [5.74, 6) is -3.08. The molecule has 0 aliphatic carbocycles. The third-order valence-electron chi connectivity index (χ3n) is 10.6. The Morgan fingerprint density at radius 3 is 1.56 bits per heavy atom. The van der Waals surface area contributed by atoms with Gasteiger partial charge in [0.15, 0.2) is 47.2 Å². The third-order valence-corrected chi connectivity index (χ3v) is 19.4. The average Bonchev–Trinajstić information content (AvgIpc) is 1.04. The minimum atomic E-state index is -5.57. The van der Waals surface area contributed by atoms with Crippen molar-refractivity contribution >= 4 is 174 Å². The van der Waals surface area contributed by atoms with E-state index >= 15 is 0 Å². The van der Waals surface area contributed by atoms with E-state index in [2.05, 4.69) is 49.3 Å². The molecule has 0 aromatic heterocycles. The maximum absolute atomic E-state index is 12.9. The summed E-state index contributed by atoms with van der Waals surface area (Å²) in [5, 5.41) is 40.1. The first-order valence-corrected chi connectivity index (χ1v) is 35.5. The molecule has 0 saturated heterocycles. The molecule has 0 amide bonds. The standard InChI is InChI=1S/C38H36N11O25PS9/c39-32-25(46-42-19-1-4-21(5-2-19)78(54,55)12-10-74-84(70,71)72)17-29(82(64,65)66)33(40)37(32)49-43-20-3-8-27(80(58,59)60)24(15-20)45-48-36-30(83(67,68)69)14-18-13-26(76(51)52)35(34(41)31(18)38(36)50)47-44-23-7-6-22(16-28(23)81(61,62)63)79(56,57)11-9-73-77(53)75/h1-8,13-17,50H,9-12,39-41,75H2,(H,51,52)(H,58,59,60)(H,61,62,63)(H,64,65,66)(H,67,68,69)(H,70,71,72). The number of rotatable bonds is 23. The van der Waals surface area contributed by atoms with E-state index in [0.29, 0.717) is 36.4 Å². The lowest BCUT2D eigenvalue weighted by molar-refractivity contribution is 0.283. The highest BCUT2D eigenvalue weighted by atomic mass is 32.7. The minimum Gasteiger partial charge on any atom is -0.505 e. The van der Waals surface area contributed by atoms with Gasteiger partial charge in [0.2, 0.25) is 0 Å². The second kappa shape index (κ2) is 25.1. The first kappa shape index (κ1) is 66.4. The zero-order chi connectivity index (χ0) is 62.9. The molecule has 0 aliphatic heterocycles. The summed E-state index contributed by atoms with van der Waals surface area (Å²) in [6.45, 7) is -1.56. The fourth-order valence-electron chi connectivity index (χ4n) is 6.81. The molecule has 0 spiro atoms. The summed E-state index contributed by atoms with van der Waals surface area (Å²) >= 11 is -3.17. The Morgan fingerprint density at radius 2 is 0.988 bits per heavy atom. The molecule has 36 nitrogen and oxygen atoms in total. The summed E-state index contributed by atoms with van der Waals surface area (Å²) in [4.78, 5) is -6.68. The number of nitrogens with two attached hydrogens (primary N) is 3. The molecular weight excluding hydrogens is 1330 g/mol. The van der Waals surface area contributed by atoms with E-state index in [0.717, 1.165) is 42.5 Å². The van der Waals surface area contributed by atoms with Crippen LogP contribution in [0.5, 0.6) is 5.75 Å². The first-order valence-electron chi connectivity index (χ1n) is 21.4. The van der Waals surface area contributed by atoms with Gasteiger partial charge < -0.3 is 26.9 Å². The summed E-state index contributed by atoms with van der Waals surface area (Å²) in [6.07, 6.45) is 0. The fraction of sp³-hybridized carbons (Fsp3) is 0.105. The van der Waals surface area contributed by atoms with E-state index in [9.17, 15) is 95.2 Å². The SMILES string of the molecule is Nc1c(N=Nc2ccc(S(=O)(=O)CCOS(=O)(=O)O)cc2)cc(S(=O)(=O)O)c(N)c1N=Nc1ccc(S(=O)(=O)O)c(N=Nc2c(S(=O)(=O)O)cc3cc(S(=O)O)c(N=Nc4ccc(S(=O)(=O)CCOS(=O)P)cc4S(=O)(=O)O)c(N)c3c2O)c1. The predicted octanol–water partition coefficient (Wildman–Crippen LogP) is 5.36. The van der Waals surface area contributed by atoms with Crippen LogP contribution >= 0.6 is 8.44 Å². The quantitative estimate of drug-likeness (QED) is 0.0127. The molecule has 46 heteroatoms. The monoisotopic (exact) mass is 1360 g/mol. The lowest BCUT2D eigenvalue weighted by atomic mass is 10.1. The Balaban J connectivity index is 1.44. The molecule has 0 saturated carbocycles. The van der Waals surface area contributed by atoms with Crippen LogP contribution in [0.15, 0.2) is 154 Å². The summed E-state index contributed by atoms with van der Waals surface area (Å²) in [5.41, 5.74) is 10.2. The summed E-state index contributed by atoms with van der Waals surface area (Å²) in [6, 6.07) is 10.1. The van der Waals surface area contributed by atoms with Crippen molar-refractivity contribution in [1.29, 1.82) is 0 Å². The number of nitrogen functional groups attached to an aromatic ring is 3. The van der Waals surface area contributed by atoms with Crippen LogP contribution in [0.3, 0.4) is 0 Å². The molecule has 3 unspecified atom stereocenters. The molecule has 0 heterocycles. The van der Waals surface area contributed by atoms with Gasteiger partial charge in [0.25, 0.3) is 40.5 Å². The van der Waals surface area contributed by atoms with Crippen molar-refractivity contribution in [2.24, 2.45) is 40.9 Å². The molecule has 0 aliphatic rings. The number of phenolic OH excluding ortho intramolecular Hbond substituents is 1. The van der Waals surface area contributed by atoms with Crippen molar-refractivity contribution in [3.63, 3.8) is 0 Å². The largest absolute Gasteiger partial charge is 0.505 e. The minimum absolute atomic E-state index is 0.116. The van der Waals surface area contributed by atoms with Crippen LogP contribution in [0.2, 0.25) is 0 Å². The summed E-state index contributed by atoms with van der Waals surface area (Å²) in [7, 11) is -35.3. The molecular formula is C38H36N11O25PS9. The van der Waals surface area contributed by atoms with Gasteiger partial charge in [-0.1, -0.05) is 0 Å². The Labute approximate surface area is 480 Å². The molecule has 452 valence electrons. The van der Waals surface area contributed by atoms with Gasteiger partial charge in [-0.15, -0.1) is 30.7 Å². The Bertz CT molecular complexity index is 4730. The molecule has 0 bridgehead atoms. The highest BCUT2D eigenvalue weighted by Crippen LogP contribution is 2.49. The van der Waals surface area contributed by atoms with E-state index in [1.54, 1.807) is 8.44 Å².